The van der Waals surface area contributed by atoms with Gasteiger partial charge in [-0.2, -0.15) is 0 Å². The van der Waals surface area contributed by atoms with Crippen molar-refractivity contribution in [1.82, 2.24) is 0 Å². The minimum absolute atomic E-state index is 0.433. The Morgan fingerprint density at radius 1 is 0.875 bits per heavy atom. The second-order valence-electron chi connectivity index (χ2n) is 3.38. The van der Waals surface area contributed by atoms with Crippen LogP contribution in [0.1, 0.15) is 12.8 Å². The summed E-state index contributed by atoms with van der Waals surface area (Å²) in [4.78, 5) is 22.1. The molecule has 6 heteroatoms. The van der Waals surface area contributed by atoms with Gasteiger partial charge < -0.3 is 9.47 Å². The summed E-state index contributed by atoms with van der Waals surface area (Å²) in [6, 6.07) is 2.22. The zero-order chi connectivity index (χ0) is 12.2. The van der Waals surface area contributed by atoms with Gasteiger partial charge in [0.25, 0.3) is 0 Å². The van der Waals surface area contributed by atoms with Gasteiger partial charge in [-0.1, -0.05) is 12.1 Å². The Morgan fingerprint density at radius 3 is 1.56 bits per heavy atom. The molecule has 0 aromatic rings. The third-order valence-electron chi connectivity index (χ3n) is 1.84. The normalized spacial score (nSPS) is 10.8. The van der Waals surface area contributed by atoms with Gasteiger partial charge >= 0.3 is 11.9 Å². The minimum atomic E-state index is -0.477. The Labute approximate surface area is 102 Å². The van der Waals surface area contributed by atoms with Crippen molar-refractivity contribution < 1.29 is 19.1 Å². The summed E-state index contributed by atoms with van der Waals surface area (Å²) in [5.41, 5.74) is 0. The van der Waals surface area contributed by atoms with E-state index in [2.05, 4.69) is 0 Å². The fraction of sp³-hybridized carbons (Fsp3) is 0.600. The molecule has 0 aliphatic carbocycles. The smallest absolute Gasteiger partial charge is 0.331 e. The fourth-order valence-electron chi connectivity index (χ4n) is 0.867. The summed E-state index contributed by atoms with van der Waals surface area (Å²) in [7, 11) is 2.24. The first-order valence-electron chi connectivity index (χ1n) is 5.72. The highest BCUT2D eigenvalue weighted by molar-refractivity contribution is 6.08. The van der Waals surface area contributed by atoms with Gasteiger partial charge in [0.05, 0.1) is 13.2 Å². The van der Waals surface area contributed by atoms with Crippen LogP contribution in [-0.2, 0) is 19.1 Å². The molecule has 0 aromatic carbocycles. The number of carbonyl (C=O) groups excluding carboxylic acids is 2. The van der Waals surface area contributed by atoms with Crippen LogP contribution in [0.25, 0.3) is 0 Å². The van der Waals surface area contributed by atoms with Crippen LogP contribution in [-0.4, -0.2) is 45.6 Å². The predicted molar refractivity (Wildman–Crippen MR) is 69.8 cm³/mol. The molecule has 0 rings (SSSR count). The highest BCUT2D eigenvalue weighted by Gasteiger charge is 2.00. The molecule has 0 fully saturated rings. The quantitative estimate of drug-likeness (QED) is 0.243. The van der Waals surface area contributed by atoms with Crippen LogP contribution in [0.4, 0.5) is 0 Å². The highest BCUT2D eigenvalue weighted by Crippen LogP contribution is 1.91. The Morgan fingerprint density at radius 2 is 1.25 bits per heavy atom. The van der Waals surface area contributed by atoms with E-state index in [1.165, 1.54) is 0 Å². The maximum absolute atomic E-state index is 11.1. The van der Waals surface area contributed by atoms with Gasteiger partial charge in [-0.15, -0.1) is 0 Å². The van der Waals surface area contributed by atoms with Crippen LogP contribution in [0.2, 0.25) is 12.1 Å². The number of rotatable bonds is 8. The zero-order valence-electron chi connectivity index (χ0n) is 10.0. The minimum Gasteiger partial charge on any atom is -0.463 e. The summed E-state index contributed by atoms with van der Waals surface area (Å²) >= 11 is 0. The first kappa shape index (κ1) is 15.1. The molecule has 0 bridgehead atoms. The van der Waals surface area contributed by atoms with Crippen molar-refractivity contribution in [2.24, 2.45) is 0 Å². The molecule has 0 radical (unpaired) electrons. The SMILES string of the molecule is O=C(/C=C\C(=O)OCCC[SiH3])OCCC[SiH3]. The average molecular weight is 260 g/mol. The van der Waals surface area contributed by atoms with Crippen molar-refractivity contribution in [3.8, 4) is 0 Å². The lowest BCUT2D eigenvalue weighted by Gasteiger charge is -2.00. The third-order valence-corrected chi connectivity index (χ3v) is 3.25. The average Bonchev–Trinajstić information content (AvgIpc) is 2.27. The Hall–Kier alpha value is -0.886. The van der Waals surface area contributed by atoms with Crippen molar-refractivity contribution in [1.29, 1.82) is 0 Å². The Kier molecular flexibility index (Phi) is 10.0. The van der Waals surface area contributed by atoms with E-state index < -0.39 is 11.9 Å². The van der Waals surface area contributed by atoms with E-state index in [1.54, 1.807) is 0 Å². The maximum Gasteiger partial charge on any atom is 0.331 e. The van der Waals surface area contributed by atoms with E-state index in [9.17, 15) is 9.59 Å². The van der Waals surface area contributed by atoms with E-state index in [-0.39, 0.29) is 0 Å². The summed E-state index contributed by atoms with van der Waals surface area (Å²) in [5, 5.41) is 0. The fourth-order valence-corrected chi connectivity index (χ4v) is 1.44. The van der Waals surface area contributed by atoms with E-state index in [1.807, 2.05) is 0 Å². The molecule has 0 saturated carbocycles. The van der Waals surface area contributed by atoms with Crippen molar-refractivity contribution in [2.75, 3.05) is 13.2 Å². The Balaban J connectivity index is 3.63. The van der Waals surface area contributed by atoms with Crippen LogP contribution in [0.5, 0.6) is 0 Å². The Bertz CT molecular complexity index is 217. The second kappa shape index (κ2) is 10.6. The molecule has 0 heterocycles. The van der Waals surface area contributed by atoms with Crippen LogP contribution in [0.3, 0.4) is 0 Å². The lowest BCUT2D eigenvalue weighted by molar-refractivity contribution is -0.140. The van der Waals surface area contributed by atoms with E-state index in [4.69, 9.17) is 9.47 Å². The lowest BCUT2D eigenvalue weighted by Crippen LogP contribution is -2.06. The lowest BCUT2D eigenvalue weighted by atomic mass is 10.5. The summed E-state index contributed by atoms with van der Waals surface area (Å²) in [6.07, 6.45) is 4.04. The van der Waals surface area contributed by atoms with Gasteiger partial charge in [0.1, 0.15) is 0 Å². The van der Waals surface area contributed by atoms with E-state index >= 15 is 0 Å². The van der Waals surface area contributed by atoms with Crippen molar-refractivity contribution >= 4 is 32.4 Å². The van der Waals surface area contributed by atoms with Crippen LogP contribution >= 0.6 is 0 Å². The van der Waals surface area contributed by atoms with Crippen LogP contribution in [0.15, 0.2) is 12.2 Å². The maximum atomic E-state index is 11.1. The van der Waals surface area contributed by atoms with Crippen molar-refractivity contribution in [3.05, 3.63) is 12.2 Å². The number of ether oxygens (including phenoxy) is 2. The van der Waals surface area contributed by atoms with E-state index in [0.717, 1.165) is 57.6 Å². The monoisotopic (exact) mass is 260 g/mol. The zero-order valence-corrected chi connectivity index (χ0v) is 14.0. The third kappa shape index (κ3) is 9.66. The molecule has 0 aliphatic heterocycles. The first-order valence-corrected chi connectivity index (χ1v) is 8.55. The molecule has 0 spiro atoms. The predicted octanol–water partition coefficient (Wildman–Crippen LogP) is -1.02. The van der Waals surface area contributed by atoms with Crippen LogP contribution < -0.4 is 0 Å². The highest BCUT2D eigenvalue weighted by atomic mass is 28.1. The van der Waals surface area contributed by atoms with Gasteiger partial charge in [-0.3, -0.25) is 0 Å². The molecule has 0 N–H and O–H groups in total. The number of carbonyl (C=O) groups is 2. The summed E-state index contributed by atoms with van der Waals surface area (Å²) in [5.74, 6) is -0.954. The van der Waals surface area contributed by atoms with Crippen LogP contribution in [0, 0.1) is 0 Å². The first-order chi connectivity index (χ1) is 7.70. The van der Waals surface area contributed by atoms with Gasteiger partial charge in [0, 0.05) is 32.6 Å². The standard InChI is InChI=1S/C10H20O4Si2/c11-9(13-5-1-7-15)3-4-10(12)14-6-2-8-16/h3-4H,1-2,5-8H2,15-16H3/b4-3-. The molecule has 0 aromatic heterocycles. The number of hydrogen-bond acceptors (Lipinski definition) is 4. The molecule has 0 aliphatic rings. The number of hydrogen-bond donors (Lipinski definition) is 0. The summed E-state index contributed by atoms with van der Waals surface area (Å²) in [6.45, 7) is 0.865. The second-order valence-corrected chi connectivity index (χ2v) is 5.38. The largest absolute Gasteiger partial charge is 0.463 e. The van der Waals surface area contributed by atoms with Gasteiger partial charge in [0.15, 0.2) is 0 Å². The van der Waals surface area contributed by atoms with Crippen molar-refractivity contribution in [2.45, 2.75) is 24.9 Å². The number of esters is 2. The molecule has 92 valence electrons. The van der Waals surface area contributed by atoms with E-state index in [0.29, 0.717) is 13.2 Å². The molecule has 0 unspecified atom stereocenters. The molecule has 0 atom stereocenters. The summed E-state index contributed by atoms with van der Waals surface area (Å²) < 4.78 is 9.71. The molecule has 0 saturated heterocycles. The van der Waals surface area contributed by atoms with Gasteiger partial charge in [0.2, 0.25) is 0 Å². The molecule has 16 heavy (non-hydrogen) atoms. The topological polar surface area (TPSA) is 52.6 Å². The van der Waals surface area contributed by atoms with Gasteiger partial charge in [-0.25, -0.2) is 9.59 Å². The molecular weight excluding hydrogens is 240 g/mol. The van der Waals surface area contributed by atoms with Gasteiger partial charge in [-0.05, 0) is 12.8 Å². The van der Waals surface area contributed by atoms with Crippen molar-refractivity contribution in [3.63, 3.8) is 0 Å². The molecule has 4 nitrogen and oxygen atoms in total. The molecular formula is C10H20O4Si2. The molecule has 0 amide bonds.